The van der Waals surface area contributed by atoms with Gasteiger partial charge in [0.2, 0.25) is 0 Å². The van der Waals surface area contributed by atoms with Gasteiger partial charge in [-0.05, 0) is 35.6 Å². The van der Waals surface area contributed by atoms with E-state index >= 15 is 0 Å². The SMILES string of the molecule is CCSc1ccc(C(Cc2ccc(Cl)s2)NN)cc1. The van der Waals surface area contributed by atoms with E-state index in [-0.39, 0.29) is 6.04 Å². The van der Waals surface area contributed by atoms with E-state index in [1.165, 1.54) is 15.3 Å². The molecule has 102 valence electrons. The van der Waals surface area contributed by atoms with E-state index in [1.807, 2.05) is 17.8 Å². The van der Waals surface area contributed by atoms with Crippen LogP contribution in [0.3, 0.4) is 0 Å². The van der Waals surface area contributed by atoms with Crippen molar-refractivity contribution in [3.8, 4) is 0 Å². The summed E-state index contributed by atoms with van der Waals surface area (Å²) in [5.74, 6) is 6.76. The van der Waals surface area contributed by atoms with Gasteiger partial charge in [-0.25, -0.2) is 0 Å². The zero-order valence-corrected chi connectivity index (χ0v) is 13.1. The summed E-state index contributed by atoms with van der Waals surface area (Å²) in [7, 11) is 0. The predicted octanol–water partition coefficient (Wildman–Crippen LogP) is 4.26. The molecule has 0 aliphatic carbocycles. The molecule has 1 heterocycles. The Morgan fingerprint density at radius 3 is 2.53 bits per heavy atom. The number of hydrogen-bond donors (Lipinski definition) is 2. The third-order valence-corrected chi connectivity index (χ3v) is 4.98. The van der Waals surface area contributed by atoms with Crippen LogP contribution in [0.5, 0.6) is 0 Å². The van der Waals surface area contributed by atoms with Crippen LogP contribution in [0.2, 0.25) is 4.34 Å². The molecule has 0 bridgehead atoms. The fourth-order valence-corrected chi connectivity index (χ4v) is 3.69. The smallest absolute Gasteiger partial charge is 0.0931 e. The molecule has 3 N–H and O–H groups in total. The molecular formula is C14H17ClN2S2. The van der Waals surface area contributed by atoms with E-state index in [1.54, 1.807) is 11.3 Å². The van der Waals surface area contributed by atoms with E-state index < -0.39 is 0 Å². The highest BCUT2D eigenvalue weighted by atomic mass is 35.5. The summed E-state index contributed by atoms with van der Waals surface area (Å²) in [6, 6.07) is 12.7. The van der Waals surface area contributed by atoms with Gasteiger partial charge in [-0.2, -0.15) is 0 Å². The zero-order valence-electron chi connectivity index (χ0n) is 10.7. The van der Waals surface area contributed by atoms with Gasteiger partial charge in [0.1, 0.15) is 0 Å². The van der Waals surface area contributed by atoms with Crippen LogP contribution in [-0.2, 0) is 6.42 Å². The minimum atomic E-state index is 0.121. The first-order valence-electron chi connectivity index (χ1n) is 6.16. The Hall–Kier alpha value is -0.520. The summed E-state index contributed by atoms with van der Waals surface area (Å²) in [6.45, 7) is 2.16. The fraction of sp³-hybridized carbons (Fsp3) is 0.286. The first-order valence-corrected chi connectivity index (χ1v) is 8.34. The van der Waals surface area contributed by atoms with Crippen molar-refractivity contribution in [1.82, 2.24) is 5.43 Å². The number of nitrogens with one attached hydrogen (secondary N) is 1. The highest BCUT2D eigenvalue weighted by Crippen LogP contribution is 2.27. The number of hydrazine groups is 1. The van der Waals surface area contributed by atoms with Crippen LogP contribution < -0.4 is 11.3 Å². The maximum Gasteiger partial charge on any atom is 0.0931 e. The molecule has 1 aromatic heterocycles. The molecule has 2 rings (SSSR count). The lowest BCUT2D eigenvalue weighted by atomic mass is 10.0. The maximum absolute atomic E-state index is 5.95. The van der Waals surface area contributed by atoms with Gasteiger partial charge in [-0.3, -0.25) is 11.3 Å². The Kier molecular flexibility index (Phi) is 5.73. The first kappa shape index (κ1) is 14.9. The molecule has 2 nitrogen and oxygen atoms in total. The van der Waals surface area contributed by atoms with Crippen molar-refractivity contribution in [2.24, 2.45) is 5.84 Å². The minimum absolute atomic E-state index is 0.121. The number of thioether (sulfide) groups is 1. The Balaban J connectivity index is 2.08. The van der Waals surface area contributed by atoms with Crippen molar-refractivity contribution < 1.29 is 0 Å². The maximum atomic E-state index is 5.95. The number of nitrogens with two attached hydrogens (primary N) is 1. The van der Waals surface area contributed by atoms with Crippen LogP contribution in [0.4, 0.5) is 0 Å². The molecule has 5 heteroatoms. The van der Waals surface area contributed by atoms with Gasteiger partial charge in [0, 0.05) is 16.2 Å². The van der Waals surface area contributed by atoms with Crippen molar-refractivity contribution in [1.29, 1.82) is 0 Å². The second-order valence-corrected chi connectivity index (χ2v) is 7.27. The molecule has 0 aliphatic rings. The molecular weight excluding hydrogens is 296 g/mol. The molecule has 1 atom stereocenters. The molecule has 0 saturated heterocycles. The van der Waals surface area contributed by atoms with E-state index in [0.717, 1.165) is 16.5 Å². The first-order chi connectivity index (χ1) is 9.22. The van der Waals surface area contributed by atoms with Crippen LogP contribution in [0.25, 0.3) is 0 Å². The van der Waals surface area contributed by atoms with Crippen molar-refractivity contribution in [3.05, 3.63) is 51.2 Å². The molecule has 0 saturated carbocycles. The van der Waals surface area contributed by atoms with Gasteiger partial charge < -0.3 is 0 Å². The molecule has 0 aliphatic heterocycles. The van der Waals surface area contributed by atoms with Crippen LogP contribution in [0.15, 0.2) is 41.3 Å². The Morgan fingerprint density at radius 1 is 1.26 bits per heavy atom. The molecule has 1 unspecified atom stereocenters. The summed E-state index contributed by atoms with van der Waals surface area (Å²) in [5.41, 5.74) is 4.09. The van der Waals surface area contributed by atoms with Crippen molar-refractivity contribution in [3.63, 3.8) is 0 Å². The summed E-state index contributed by atoms with van der Waals surface area (Å²) >= 11 is 9.40. The quantitative estimate of drug-likeness (QED) is 0.475. The number of rotatable bonds is 6. The Bertz CT molecular complexity index is 510. The van der Waals surface area contributed by atoms with Crippen molar-refractivity contribution in [2.45, 2.75) is 24.3 Å². The van der Waals surface area contributed by atoms with E-state index in [0.29, 0.717) is 0 Å². The third kappa shape index (κ3) is 4.23. The van der Waals surface area contributed by atoms with E-state index in [4.69, 9.17) is 17.4 Å². The van der Waals surface area contributed by atoms with Gasteiger partial charge in [-0.1, -0.05) is 30.7 Å². The van der Waals surface area contributed by atoms with Crippen LogP contribution in [0.1, 0.15) is 23.4 Å². The zero-order chi connectivity index (χ0) is 13.7. The molecule has 0 amide bonds. The number of benzene rings is 1. The number of thiophene rings is 1. The topological polar surface area (TPSA) is 38.0 Å². The van der Waals surface area contributed by atoms with E-state index in [9.17, 15) is 0 Å². The van der Waals surface area contributed by atoms with Gasteiger partial charge in [0.05, 0.1) is 10.4 Å². The fourth-order valence-electron chi connectivity index (χ4n) is 1.90. The molecule has 0 radical (unpaired) electrons. The standard InChI is InChI=1S/C14H17ClN2S2/c1-2-18-11-5-3-10(4-6-11)13(17-16)9-12-7-8-14(15)19-12/h3-8,13,17H,2,9,16H2,1H3. The Labute approximate surface area is 127 Å². The van der Waals surface area contributed by atoms with Crippen LogP contribution in [0, 0.1) is 0 Å². The predicted molar refractivity (Wildman–Crippen MR) is 85.9 cm³/mol. The normalized spacial score (nSPS) is 12.6. The largest absolute Gasteiger partial charge is 0.271 e. The lowest BCUT2D eigenvalue weighted by Gasteiger charge is -2.15. The van der Waals surface area contributed by atoms with Gasteiger partial charge >= 0.3 is 0 Å². The van der Waals surface area contributed by atoms with Gasteiger partial charge in [0.15, 0.2) is 0 Å². The van der Waals surface area contributed by atoms with Gasteiger partial charge in [0.25, 0.3) is 0 Å². The highest BCUT2D eigenvalue weighted by Gasteiger charge is 2.12. The monoisotopic (exact) mass is 312 g/mol. The number of halogens is 1. The second kappa shape index (κ2) is 7.31. The summed E-state index contributed by atoms with van der Waals surface area (Å²) in [5, 5.41) is 0. The van der Waals surface area contributed by atoms with Crippen molar-refractivity contribution in [2.75, 3.05) is 5.75 Å². The summed E-state index contributed by atoms with van der Waals surface area (Å²) in [6.07, 6.45) is 0.855. The van der Waals surface area contributed by atoms with Crippen LogP contribution in [-0.4, -0.2) is 5.75 Å². The van der Waals surface area contributed by atoms with Gasteiger partial charge in [-0.15, -0.1) is 23.1 Å². The summed E-state index contributed by atoms with van der Waals surface area (Å²) < 4.78 is 0.820. The molecule has 2 aromatic rings. The molecule has 0 spiro atoms. The molecule has 19 heavy (non-hydrogen) atoms. The average molecular weight is 313 g/mol. The highest BCUT2D eigenvalue weighted by molar-refractivity contribution is 7.99. The van der Waals surface area contributed by atoms with E-state index in [2.05, 4.69) is 42.7 Å². The third-order valence-electron chi connectivity index (χ3n) is 2.83. The Morgan fingerprint density at radius 2 is 2.00 bits per heavy atom. The lowest BCUT2D eigenvalue weighted by Crippen LogP contribution is -2.29. The minimum Gasteiger partial charge on any atom is -0.271 e. The average Bonchev–Trinajstić information content (AvgIpc) is 2.83. The lowest BCUT2D eigenvalue weighted by molar-refractivity contribution is 0.555. The summed E-state index contributed by atoms with van der Waals surface area (Å²) in [4.78, 5) is 2.53. The number of hydrogen-bond acceptors (Lipinski definition) is 4. The second-order valence-electron chi connectivity index (χ2n) is 4.13. The molecule has 0 fully saturated rings. The van der Waals surface area contributed by atoms with Crippen LogP contribution >= 0.6 is 34.7 Å². The molecule has 1 aromatic carbocycles. The van der Waals surface area contributed by atoms with Crippen molar-refractivity contribution >= 4 is 34.7 Å².